The van der Waals surface area contributed by atoms with E-state index in [-0.39, 0.29) is 11.5 Å². The molecule has 1 aliphatic rings. The highest BCUT2D eigenvalue weighted by Gasteiger charge is 2.27. The Kier molecular flexibility index (Phi) is 6.42. The molecule has 1 heterocycles. The van der Waals surface area contributed by atoms with E-state index in [0.29, 0.717) is 39.1 Å². The number of ketones is 1. The molecule has 0 amide bonds. The van der Waals surface area contributed by atoms with Crippen molar-refractivity contribution < 1.29 is 13.2 Å². The molecule has 1 saturated heterocycles. The third-order valence-electron chi connectivity index (χ3n) is 4.95. The Hall–Kier alpha value is -2.02. The van der Waals surface area contributed by atoms with Crippen LogP contribution in [0, 0.1) is 6.92 Å². The molecule has 1 fully saturated rings. The average Bonchev–Trinajstić information content (AvgIpc) is 2.69. The standard InChI is InChI=1S/C21H26N2O3S/c1-18-7-9-19(10-8-18)17-27(25,26)23-15-13-22(14-16-23)12-11-21(24)20-5-3-2-4-6-20/h2-10H,11-17H2,1H3. The second kappa shape index (κ2) is 8.78. The fourth-order valence-electron chi connectivity index (χ4n) is 3.25. The molecule has 1 aliphatic heterocycles. The fraction of sp³-hybridized carbons (Fsp3) is 0.381. The zero-order valence-corrected chi connectivity index (χ0v) is 16.5. The molecule has 27 heavy (non-hydrogen) atoms. The van der Waals surface area contributed by atoms with Crippen molar-refractivity contribution in [3.8, 4) is 0 Å². The normalized spacial score (nSPS) is 16.3. The van der Waals surface area contributed by atoms with Crippen LogP contribution in [0.5, 0.6) is 0 Å². The number of nitrogens with zero attached hydrogens (tertiary/aromatic N) is 2. The summed E-state index contributed by atoms with van der Waals surface area (Å²) < 4.78 is 26.9. The van der Waals surface area contributed by atoms with Crippen molar-refractivity contribution in [3.05, 3.63) is 71.3 Å². The van der Waals surface area contributed by atoms with Crippen LogP contribution in [0.1, 0.15) is 27.9 Å². The van der Waals surface area contributed by atoms with E-state index in [9.17, 15) is 13.2 Å². The molecule has 0 unspecified atom stereocenters. The minimum Gasteiger partial charge on any atom is -0.300 e. The van der Waals surface area contributed by atoms with Crippen molar-refractivity contribution in [2.45, 2.75) is 19.1 Å². The number of hydrogen-bond acceptors (Lipinski definition) is 4. The number of sulfonamides is 1. The first-order valence-electron chi connectivity index (χ1n) is 9.28. The molecule has 0 saturated carbocycles. The molecule has 0 spiro atoms. The van der Waals surface area contributed by atoms with Crippen molar-refractivity contribution in [1.29, 1.82) is 0 Å². The van der Waals surface area contributed by atoms with E-state index in [0.717, 1.165) is 16.7 Å². The third kappa shape index (κ3) is 5.48. The van der Waals surface area contributed by atoms with Gasteiger partial charge in [-0.2, -0.15) is 4.31 Å². The van der Waals surface area contributed by atoms with E-state index >= 15 is 0 Å². The summed E-state index contributed by atoms with van der Waals surface area (Å²) in [7, 11) is -3.31. The van der Waals surface area contributed by atoms with Crippen LogP contribution in [0.15, 0.2) is 54.6 Å². The average molecular weight is 387 g/mol. The SMILES string of the molecule is Cc1ccc(CS(=O)(=O)N2CCN(CCC(=O)c3ccccc3)CC2)cc1. The summed E-state index contributed by atoms with van der Waals surface area (Å²) in [5.74, 6) is 0.171. The maximum atomic E-state index is 12.7. The summed E-state index contributed by atoms with van der Waals surface area (Å²) in [5.41, 5.74) is 2.67. The smallest absolute Gasteiger partial charge is 0.218 e. The molecule has 6 heteroatoms. The largest absolute Gasteiger partial charge is 0.300 e. The Bertz CT molecular complexity index is 856. The lowest BCUT2D eigenvalue weighted by molar-refractivity contribution is 0.0952. The van der Waals surface area contributed by atoms with E-state index in [1.165, 1.54) is 0 Å². The van der Waals surface area contributed by atoms with Crippen molar-refractivity contribution in [1.82, 2.24) is 9.21 Å². The predicted molar refractivity (Wildman–Crippen MR) is 107 cm³/mol. The Morgan fingerprint density at radius 2 is 1.56 bits per heavy atom. The van der Waals surface area contributed by atoms with Gasteiger partial charge in [-0.05, 0) is 12.5 Å². The zero-order chi connectivity index (χ0) is 19.3. The van der Waals surface area contributed by atoms with Gasteiger partial charge in [0.15, 0.2) is 5.78 Å². The lowest BCUT2D eigenvalue weighted by Gasteiger charge is -2.33. The third-order valence-corrected chi connectivity index (χ3v) is 6.80. The van der Waals surface area contributed by atoms with Crippen LogP contribution < -0.4 is 0 Å². The van der Waals surface area contributed by atoms with Crippen LogP contribution in [0.3, 0.4) is 0 Å². The Morgan fingerprint density at radius 3 is 2.19 bits per heavy atom. The number of piperazine rings is 1. The molecule has 5 nitrogen and oxygen atoms in total. The Labute approximate surface area is 161 Å². The fourth-order valence-corrected chi connectivity index (χ4v) is 4.76. The lowest BCUT2D eigenvalue weighted by atomic mass is 10.1. The first kappa shape index (κ1) is 19.7. The van der Waals surface area contributed by atoms with Crippen LogP contribution in [0.2, 0.25) is 0 Å². The maximum Gasteiger partial charge on any atom is 0.218 e. The number of rotatable bonds is 7. The van der Waals surface area contributed by atoms with Crippen molar-refractivity contribution in [2.24, 2.45) is 0 Å². The number of Topliss-reactive ketones (excluding diaryl/α,β-unsaturated/α-hetero) is 1. The molecule has 3 rings (SSSR count). The van der Waals surface area contributed by atoms with Crippen molar-refractivity contribution in [2.75, 3.05) is 32.7 Å². The minimum atomic E-state index is -3.31. The summed E-state index contributed by atoms with van der Waals surface area (Å²) in [6, 6.07) is 16.9. The number of carbonyl (C=O) groups is 1. The van der Waals surface area contributed by atoms with Gasteiger partial charge in [-0.3, -0.25) is 4.79 Å². The molecule has 2 aromatic carbocycles. The van der Waals surface area contributed by atoms with Crippen LogP contribution in [-0.4, -0.2) is 56.1 Å². The van der Waals surface area contributed by atoms with Gasteiger partial charge in [-0.15, -0.1) is 0 Å². The highest BCUT2D eigenvalue weighted by Crippen LogP contribution is 2.15. The number of carbonyl (C=O) groups excluding carboxylic acids is 1. The van der Waals surface area contributed by atoms with Gasteiger partial charge < -0.3 is 4.90 Å². The lowest BCUT2D eigenvalue weighted by Crippen LogP contribution is -2.49. The van der Waals surface area contributed by atoms with Crippen LogP contribution in [0.25, 0.3) is 0 Å². The molecule has 0 atom stereocenters. The van der Waals surface area contributed by atoms with Gasteiger partial charge in [0.2, 0.25) is 10.0 Å². The van der Waals surface area contributed by atoms with Gasteiger partial charge in [0.05, 0.1) is 5.75 Å². The molecule has 144 valence electrons. The van der Waals surface area contributed by atoms with Gasteiger partial charge >= 0.3 is 0 Å². The van der Waals surface area contributed by atoms with E-state index < -0.39 is 10.0 Å². The molecular weight excluding hydrogens is 360 g/mol. The molecule has 0 radical (unpaired) electrons. The predicted octanol–water partition coefficient (Wildman–Crippen LogP) is 2.72. The molecule has 0 bridgehead atoms. The Morgan fingerprint density at radius 1 is 0.926 bits per heavy atom. The number of benzene rings is 2. The summed E-state index contributed by atoms with van der Waals surface area (Å²) in [6.07, 6.45) is 0.458. The number of aryl methyl sites for hydroxylation is 1. The van der Waals surface area contributed by atoms with Gasteiger partial charge in [-0.1, -0.05) is 60.2 Å². The van der Waals surface area contributed by atoms with E-state index in [1.54, 1.807) is 4.31 Å². The summed E-state index contributed by atoms with van der Waals surface area (Å²) in [5, 5.41) is 0. The van der Waals surface area contributed by atoms with Crippen LogP contribution >= 0.6 is 0 Å². The van der Waals surface area contributed by atoms with E-state index in [4.69, 9.17) is 0 Å². The monoisotopic (exact) mass is 386 g/mol. The van der Waals surface area contributed by atoms with E-state index in [2.05, 4.69) is 4.90 Å². The zero-order valence-electron chi connectivity index (χ0n) is 15.7. The van der Waals surface area contributed by atoms with Crippen molar-refractivity contribution in [3.63, 3.8) is 0 Å². The molecule has 2 aromatic rings. The first-order valence-corrected chi connectivity index (χ1v) is 10.9. The first-order chi connectivity index (χ1) is 12.9. The molecule has 0 aliphatic carbocycles. The molecule has 0 N–H and O–H groups in total. The maximum absolute atomic E-state index is 12.7. The summed E-state index contributed by atoms with van der Waals surface area (Å²) >= 11 is 0. The van der Waals surface area contributed by atoms with Crippen LogP contribution in [0.4, 0.5) is 0 Å². The topological polar surface area (TPSA) is 57.7 Å². The number of hydrogen-bond donors (Lipinski definition) is 0. The van der Waals surface area contributed by atoms with Crippen LogP contribution in [-0.2, 0) is 15.8 Å². The molecular formula is C21H26N2O3S. The second-order valence-corrected chi connectivity index (χ2v) is 8.99. The van der Waals surface area contributed by atoms with Gasteiger partial charge in [0.25, 0.3) is 0 Å². The molecule has 0 aromatic heterocycles. The quantitative estimate of drug-likeness (QED) is 0.687. The highest BCUT2D eigenvalue weighted by molar-refractivity contribution is 7.88. The minimum absolute atomic E-state index is 0.0414. The van der Waals surface area contributed by atoms with Gasteiger partial charge in [-0.25, -0.2) is 8.42 Å². The Balaban J connectivity index is 1.48. The highest BCUT2D eigenvalue weighted by atomic mass is 32.2. The summed E-state index contributed by atoms with van der Waals surface area (Å²) in [4.78, 5) is 14.4. The van der Waals surface area contributed by atoms with Gasteiger partial charge in [0.1, 0.15) is 0 Å². The van der Waals surface area contributed by atoms with Crippen molar-refractivity contribution >= 4 is 15.8 Å². The van der Waals surface area contributed by atoms with Gasteiger partial charge in [0, 0.05) is 44.7 Å². The summed E-state index contributed by atoms with van der Waals surface area (Å²) in [6.45, 7) is 4.94. The second-order valence-electron chi connectivity index (χ2n) is 7.02. The van der Waals surface area contributed by atoms with E-state index in [1.807, 2.05) is 61.5 Å².